The maximum atomic E-state index is 13.7. The lowest BCUT2D eigenvalue weighted by Crippen LogP contribution is -2.26. The van der Waals surface area contributed by atoms with Gasteiger partial charge in [-0.2, -0.15) is 13.2 Å². The first kappa shape index (κ1) is 24.6. The molecular weight excluding hydrogens is 385 g/mol. The molecule has 2 N–H and O–H groups in total. The van der Waals surface area contributed by atoms with Crippen molar-refractivity contribution in [2.24, 2.45) is 5.92 Å². The van der Waals surface area contributed by atoms with Gasteiger partial charge in [-0.15, -0.1) is 0 Å². The van der Waals surface area contributed by atoms with Gasteiger partial charge >= 0.3 is 17.6 Å². The summed E-state index contributed by atoms with van der Waals surface area (Å²) in [5.41, 5.74) is -3.36. The topological polar surface area (TPSA) is 127 Å². The second-order valence-corrected chi connectivity index (χ2v) is 5.30. The zero-order chi connectivity index (χ0) is 22.2. The third-order valence-corrected chi connectivity index (χ3v) is 3.47. The molecule has 28 heavy (non-hydrogen) atoms. The molecule has 0 aromatic rings. The number of nitro groups is 2. The van der Waals surface area contributed by atoms with Gasteiger partial charge < -0.3 is 10.2 Å². The van der Waals surface area contributed by atoms with Gasteiger partial charge in [-0.05, 0) is 31.1 Å². The van der Waals surface area contributed by atoms with Crippen molar-refractivity contribution < 1.29 is 33.2 Å². The molecule has 0 amide bonds. The number of nitrogens with zero attached hydrogens (tertiary/aromatic N) is 2. The summed E-state index contributed by atoms with van der Waals surface area (Å²) in [6.07, 6.45) is -1.47. The van der Waals surface area contributed by atoms with Gasteiger partial charge in [0.25, 0.3) is 0 Å². The van der Waals surface area contributed by atoms with Gasteiger partial charge in [-0.3, -0.25) is 20.2 Å². The SMILES string of the molecule is C=C/C(=C\C(=C(/C)O)[N+](=O)[O-])C(C(=C/C)/C=C(\C(O)=C/C)[N+](=O)[O-])C(F)(F)F. The highest BCUT2D eigenvalue weighted by Crippen LogP contribution is 2.39. The predicted octanol–water partition coefficient (Wildman–Crippen LogP) is 4.91. The normalized spacial score (nSPS) is 16.4. The van der Waals surface area contributed by atoms with Crippen LogP contribution in [0.25, 0.3) is 0 Å². The third kappa shape index (κ3) is 6.41. The molecule has 0 aliphatic carbocycles. The molecule has 0 rings (SSSR count). The minimum Gasteiger partial charge on any atom is -0.506 e. The first-order chi connectivity index (χ1) is 12.8. The molecule has 0 fully saturated rings. The van der Waals surface area contributed by atoms with Gasteiger partial charge in [-0.1, -0.05) is 18.7 Å². The number of alkyl halides is 3. The first-order valence-corrected chi connectivity index (χ1v) is 7.64. The smallest absolute Gasteiger partial charge is 0.399 e. The van der Waals surface area contributed by atoms with Crippen molar-refractivity contribution in [2.75, 3.05) is 0 Å². The average molecular weight is 404 g/mol. The Morgan fingerprint density at radius 1 is 1.04 bits per heavy atom. The standard InChI is InChI=1S/C17H19F3N2O6/c1-5-11(8-13(10(4)23)21(25)26)16(17(18,19)20)12(6-2)9-14(22(27)28)15(24)7-3/h5-9,16,23-24H,1H2,2-4H3/b11-8+,12-6+,13-10-,14-9+,15-7+. The van der Waals surface area contributed by atoms with E-state index in [1.165, 1.54) is 13.8 Å². The molecule has 0 saturated carbocycles. The second-order valence-electron chi connectivity index (χ2n) is 5.30. The summed E-state index contributed by atoms with van der Waals surface area (Å²) in [6.45, 7) is 6.56. The number of hydrogen-bond donors (Lipinski definition) is 2. The fraction of sp³-hybridized carbons (Fsp3) is 0.294. The first-order valence-electron chi connectivity index (χ1n) is 7.64. The van der Waals surface area contributed by atoms with E-state index in [1.54, 1.807) is 0 Å². The van der Waals surface area contributed by atoms with E-state index in [2.05, 4.69) is 6.58 Å². The number of halogens is 3. The summed E-state index contributed by atoms with van der Waals surface area (Å²) < 4.78 is 41.2. The Balaban J connectivity index is 6.82. The average Bonchev–Trinajstić information content (AvgIpc) is 2.57. The summed E-state index contributed by atoms with van der Waals surface area (Å²) in [4.78, 5) is 19.9. The van der Waals surface area contributed by atoms with Crippen LogP contribution in [0.1, 0.15) is 20.8 Å². The van der Waals surface area contributed by atoms with Crippen LogP contribution in [0.4, 0.5) is 13.2 Å². The highest BCUT2D eigenvalue weighted by Gasteiger charge is 2.44. The lowest BCUT2D eigenvalue weighted by Gasteiger charge is -2.22. The van der Waals surface area contributed by atoms with E-state index in [0.717, 1.165) is 19.1 Å². The van der Waals surface area contributed by atoms with Crippen molar-refractivity contribution in [3.8, 4) is 0 Å². The van der Waals surface area contributed by atoms with E-state index in [9.17, 15) is 43.6 Å². The number of hydrogen-bond acceptors (Lipinski definition) is 6. The van der Waals surface area contributed by atoms with E-state index in [-0.39, 0.29) is 0 Å². The third-order valence-electron chi connectivity index (χ3n) is 3.47. The van der Waals surface area contributed by atoms with E-state index in [1.807, 2.05) is 0 Å². The molecule has 0 saturated heterocycles. The molecule has 1 unspecified atom stereocenters. The molecule has 0 aromatic carbocycles. The fourth-order valence-electron chi connectivity index (χ4n) is 2.14. The van der Waals surface area contributed by atoms with Gasteiger partial charge in [0.1, 0.15) is 5.92 Å². The van der Waals surface area contributed by atoms with Gasteiger partial charge in [0.15, 0.2) is 11.5 Å². The van der Waals surface area contributed by atoms with Crippen LogP contribution in [0.15, 0.2) is 71.0 Å². The number of aliphatic hydroxyl groups is 2. The molecule has 8 nitrogen and oxygen atoms in total. The van der Waals surface area contributed by atoms with Crippen molar-refractivity contribution in [3.05, 3.63) is 91.2 Å². The number of rotatable bonds is 8. The number of aliphatic hydroxyl groups excluding tert-OH is 2. The highest BCUT2D eigenvalue weighted by molar-refractivity contribution is 5.41. The van der Waals surface area contributed by atoms with E-state index in [0.29, 0.717) is 18.2 Å². The lowest BCUT2D eigenvalue weighted by atomic mass is 9.88. The van der Waals surface area contributed by atoms with Crippen LogP contribution < -0.4 is 0 Å². The Bertz CT molecular complexity index is 800. The lowest BCUT2D eigenvalue weighted by molar-refractivity contribution is -0.423. The summed E-state index contributed by atoms with van der Waals surface area (Å²) >= 11 is 0. The monoisotopic (exact) mass is 404 g/mol. The molecule has 154 valence electrons. The van der Waals surface area contributed by atoms with E-state index < -0.39 is 56.0 Å². The Morgan fingerprint density at radius 2 is 1.57 bits per heavy atom. The van der Waals surface area contributed by atoms with Crippen molar-refractivity contribution >= 4 is 0 Å². The minimum absolute atomic E-state index is 0.485. The maximum Gasteiger partial charge on any atom is 0.399 e. The molecule has 0 aliphatic rings. The fourth-order valence-corrected chi connectivity index (χ4v) is 2.14. The molecule has 0 heterocycles. The largest absolute Gasteiger partial charge is 0.506 e. The summed E-state index contributed by atoms with van der Waals surface area (Å²) in [6, 6.07) is 0. The van der Waals surface area contributed by atoms with Crippen LogP contribution in [0.2, 0.25) is 0 Å². The zero-order valence-electron chi connectivity index (χ0n) is 15.2. The van der Waals surface area contributed by atoms with E-state index in [4.69, 9.17) is 0 Å². The molecule has 1 atom stereocenters. The van der Waals surface area contributed by atoms with Crippen LogP contribution in [0.3, 0.4) is 0 Å². The summed E-state index contributed by atoms with van der Waals surface area (Å²) in [5.74, 6) is -4.23. The van der Waals surface area contributed by atoms with Gasteiger partial charge in [0, 0.05) is 19.1 Å². The molecule has 0 aliphatic heterocycles. The van der Waals surface area contributed by atoms with Crippen molar-refractivity contribution in [1.29, 1.82) is 0 Å². The maximum absolute atomic E-state index is 13.7. The molecular formula is C17H19F3N2O6. The predicted molar refractivity (Wildman–Crippen MR) is 95.4 cm³/mol. The van der Waals surface area contributed by atoms with Crippen molar-refractivity contribution in [3.63, 3.8) is 0 Å². The summed E-state index contributed by atoms with van der Waals surface area (Å²) in [7, 11) is 0. The molecule has 0 spiro atoms. The van der Waals surface area contributed by atoms with Crippen LogP contribution in [0, 0.1) is 26.1 Å². The second kappa shape index (κ2) is 10.1. The van der Waals surface area contributed by atoms with Crippen LogP contribution in [0.5, 0.6) is 0 Å². The highest BCUT2D eigenvalue weighted by atomic mass is 19.4. The molecule has 0 radical (unpaired) electrons. The van der Waals surface area contributed by atoms with Crippen LogP contribution in [-0.4, -0.2) is 26.2 Å². The van der Waals surface area contributed by atoms with Gasteiger partial charge in [0.05, 0.1) is 9.85 Å². The van der Waals surface area contributed by atoms with Crippen LogP contribution in [-0.2, 0) is 0 Å². The Labute approximate surface area is 158 Å². The molecule has 0 aromatic heterocycles. The summed E-state index contributed by atoms with van der Waals surface area (Å²) in [5, 5.41) is 41.0. The van der Waals surface area contributed by atoms with Gasteiger partial charge in [0.2, 0.25) is 0 Å². The molecule has 0 bridgehead atoms. The van der Waals surface area contributed by atoms with Crippen LogP contribution >= 0.6 is 0 Å². The van der Waals surface area contributed by atoms with Crippen molar-refractivity contribution in [1.82, 2.24) is 0 Å². The number of allylic oxidation sites excluding steroid dienone is 8. The minimum atomic E-state index is -5.02. The quantitative estimate of drug-likeness (QED) is 0.256. The Hall–Kier alpha value is -3.37. The Kier molecular flexibility index (Phi) is 8.88. The van der Waals surface area contributed by atoms with E-state index >= 15 is 0 Å². The molecule has 11 heteroatoms. The Morgan fingerprint density at radius 3 is 1.86 bits per heavy atom. The van der Waals surface area contributed by atoms with Gasteiger partial charge in [-0.25, -0.2) is 0 Å². The van der Waals surface area contributed by atoms with Crippen molar-refractivity contribution in [2.45, 2.75) is 26.9 Å². The zero-order valence-corrected chi connectivity index (χ0v) is 15.2.